The Morgan fingerprint density at radius 1 is 0.952 bits per heavy atom. The summed E-state index contributed by atoms with van der Waals surface area (Å²) in [5, 5.41) is -1.21. The van der Waals surface area contributed by atoms with E-state index in [1.54, 1.807) is 18.2 Å². The highest BCUT2D eigenvalue weighted by Crippen LogP contribution is 2.39. The Balaban J connectivity index is 2.49. The second-order valence-electron chi connectivity index (χ2n) is 4.26. The molecule has 2 nitrogen and oxygen atoms in total. The Morgan fingerprint density at radius 3 is 2.29 bits per heavy atom. The third-order valence-corrected chi connectivity index (χ3v) is 3.79. The van der Waals surface area contributed by atoms with Crippen LogP contribution in [0.2, 0.25) is 5.02 Å². The molecule has 0 radical (unpaired) electrons. The van der Waals surface area contributed by atoms with E-state index in [1.807, 2.05) is 0 Å². The van der Waals surface area contributed by atoms with E-state index in [1.165, 1.54) is 14.2 Å². The molecule has 0 fully saturated rings. The maximum absolute atomic E-state index is 13.9. The fourth-order valence-electron chi connectivity index (χ4n) is 1.93. The first-order chi connectivity index (χ1) is 9.97. The molecule has 0 aromatic heterocycles. The quantitative estimate of drug-likeness (QED) is 0.581. The summed E-state index contributed by atoms with van der Waals surface area (Å²) in [6.45, 7) is 0. The van der Waals surface area contributed by atoms with E-state index in [2.05, 4.69) is 0 Å². The zero-order valence-corrected chi connectivity index (χ0v) is 12.8. The maximum Gasteiger partial charge on any atom is 0.142 e. The highest BCUT2D eigenvalue weighted by molar-refractivity contribution is 6.30. The Morgan fingerprint density at radius 2 is 1.67 bits per heavy atom. The van der Waals surface area contributed by atoms with Crippen molar-refractivity contribution in [2.45, 2.75) is 5.38 Å². The number of ether oxygens (including phenoxy) is 2. The van der Waals surface area contributed by atoms with Crippen molar-refractivity contribution in [3.63, 3.8) is 0 Å². The van der Waals surface area contributed by atoms with Gasteiger partial charge in [-0.2, -0.15) is 0 Å². The summed E-state index contributed by atoms with van der Waals surface area (Å²) < 4.78 is 37.8. The van der Waals surface area contributed by atoms with Crippen molar-refractivity contribution in [1.82, 2.24) is 0 Å². The van der Waals surface area contributed by atoms with Crippen LogP contribution in [0.25, 0.3) is 0 Å². The topological polar surface area (TPSA) is 18.5 Å². The summed E-state index contributed by atoms with van der Waals surface area (Å²) in [4.78, 5) is 0. The Bertz CT molecular complexity index is 662. The van der Waals surface area contributed by atoms with Crippen LogP contribution in [0.1, 0.15) is 16.5 Å². The van der Waals surface area contributed by atoms with Crippen molar-refractivity contribution in [2.24, 2.45) is 0 Å². The first kappa shape index (κ1) is 15.9. The van der Waals surface area contributed by atoms with Gasteiger partial charge in [-0.25, -0.2) is 8.78 Å². The third-order valence-electron chi connectivity index (χ3n) is 3.03. The average molecular weight is 333 g/mol. The van der Waals surface area contributed by atoms with Gasteiger partial charge in [0.1, 0.15) is 23.1 Å². The molecule has 0 aliphatic rings. The number of benzene rings is 2. The zero-order valence-electron chi connectivity index (χ0n) is 11.3. The van der Waals surface area contributed by atoms with Crippen LogP contribution in [-0.2, 0) is 0 Å². The molecule has 0 N–H and O–H groups in total. The van der Waals surface area contributed by atoms with Crippen LogP contribution in [0.15, 0.2) is 30.3 Å². The first-order valence-corrected chi connectivity index (χ1v) is 6.79. The normalized spacial score (nSPS) is 12.1. The molecular weight excluding hydrogens is 321 g/mol. The fraction of sp³-hybridized carbons (Fsp3) is 0.200. The maximum atomic E-state index is 13.9. The molecule has 0 bridgehead atoms. The first-order valence-electron chi connectivity index (χ1n) is 5.98. The largest absolute Gasteiger partial charge is 0.497 e. The molecule has 0 spiro atoms. The third kappa shape index (κ3) is 3.22. The standard InChI is InChI=1S/C15H12Cl2F2O2/c1-20-8-3-4-9(14(5-8)21-2)15(17)10-6-13(19)11(16)7-12(10)18/h3-7,15H,1-2H3. The SMILES string of the molecule is COc1ccc(C(Cl)c2cc(F)c(Cl)cc2F)c(OC)c1. The number of rotatable bonds is 4. The molecule has 6 heteroatoms. The van der Waals surface area contributed by atoms with Crippen LogP contribution in [-0.4, -0.2) is 14.2 Å². The molecule has 1 unspecified atom stereocenters. The molecule has 21 heavy (non-hydrogen) atoms. The molecule has 0 amide bonds. The average Bonchev–Trinajstić information content (AvgIpc) is 2.49. The van der Waals surface area contributed by atoms with E-state index < -0.39 is 17.0 Å². The molecule has 0 heterocycles. The monoisotopic (exact) mass is 332 g/mol. The molecule has 1 atom stereocenters. The van der Waals surface area contributed by atoms with Gasteiger partial charge in [0, 0.05) is 17.2 Å². The van der Waals surface area contributed by atoms with Gasteiger partial charge in [-0.3, -0.25) is 0 Å². The molecule has 2 rings (SSSR count). The lowest BCUT2D eigenvalue weighted by Crippen LogP contribution is -2.01. The van der Waals surface area contributed by atoms with E-state index in [0.29, 0.717) is 17.1 Å². The zero-order chi connectivity index (χ0) is 15.6. The summed E-state index contributed by atoms with van der Waals surface area (Å²) in [6, 6.07) is 6.81. The number of alkyl halides is 1. The summed E-state index contributed by atoms with van der Waals surface area (Å²) in [5.74, 6) is -0.420. The fourth-order valence-corrected chi connectivity index (χ4v) is 2.43. The minimum Gasteiger partial charge on any atom is -0.497 e. The highest BCUT2D eigenvalue weighted by atomic mass is 35.5. The van der Waals surface area contributed by atoms with E-state index in [9.17, 15) is 8.78 Å². The van der Waals surface area contributed by atoms with Crippen LogP contribution in [0.3, 0.4) is 0 Å². The Hall–Kier alpha value is -1.52. The van der Waals surface area contributed by atoms with Crippen LogP contribution < -0.4 is 9.47 Å². The summed E-state index contributed by atoms with van der Waals surface area (Å²) in [7, 11) is 2.97. The molecule has 2 aromatic carbocycles. The van der Waals surface area contributed by atoms with Gasteiger partial charge in [0.25, 0.3) is 0 Å². The number of methoxy groups -OCH3 is 2. The van der Waals surface area contributed by atoms with Crippen LogP contribution >= 0.6 is 23.2 Å². The lowest BCUT2D eigenvalue weighted by molar-refractivity contribution is 0.391. The van der Waals surface area contributed by atoms with Gasteiger partial charge in [-0.15, -0.1) is 11.6 Å². The molecule has 0 aliphatic heterocycles. The van der Waals surface area contributed by atoms with E-state index in [0.717, 1.165) is 12.1 Å². The van der Waals surface area contributed by atoms with Crippen LogP contribution in [0.4, 0.5) is 8.78 Å². The predicted molar refractivity (Wildman–Crippen MR) is 78.6 cm³/mol. The second-order valence-corrected chi connectivity index (χ2v) is 5.10. The van der Waals surface area contributed by atoms with Gasteiger partial charge in [-0.1, -0.05) is 11.6 Å². The molecular formula is C15H12Cl2F2O2. The summed E-state index contributed by atoms with van der Waals surface area (Å²) >= 11 is 11.8. The van der Waals surface area contributed by atoms with E-state index >= 15 is 0 Å². The molecule has 2 aromatic rings. The van der Waals surface area contributed by atoms with Crippen LogP contribution in [0, 0.1) is 11.6 Å². The van der Waals surface area contributed by atoms with E-state index in [4.69, 9.17) is 32.7 Å². The van der Waals surface area contributed by atoms with E-state index in [-0.39, 0.29) is 10.6 Å². The molecule has 0 aliphatic carbocycles. The summed E-state index contributed by atoms with van der Waals surface area (Å²) in [5.41, 5.74) is 0.489. The predicted octanol–water partition coefficient (Wildman–Crippen LogP) is 4.96. The molecule has 0 saturated carbocycles. The van der Waals surface area contributed by atoms with Gasteiger partial charge in [0.05, 0.1) is 24.6 Å². The van der Waals surface area contributed by atoms with Crippen molar-refractivity contribution >= 4 is 23.2 Å². The molecule has 0 saturated heterocycles. The van der Waals surface area contributed by atoms with Crippen LogP contribution in [0.5, 0.6) is 11.5 Å². The lowest BCUT2D eigenvalue weighted by Gasteiger charge is -2.16. The van der Waals surface area contributed by atoms with Crippen molar-refractivity contribution in [3.8, 4) is 11.5 Å². The van der Waals surface area contributed by atoms with Gasteiger partial charge in [0.2, 0.25) is 0 Å². The highest BCUT2D eigenvalue weighted by Gasteiger charge is 2.21. The number of halogens is 4. The molecule has 112 valence electrons. The Labute approximate surface area is 131 Å². The van der Waals surface area contributed by atoms with Gasteiger partial charge in [-0.05, 0) is 24.3 Å². The van der Waals surface area contributed by atoms with Gasteiger partial charge >= 0.3 is 0 Å². The van der Waals surface area contributed by atoms with Crippen molar-refractivity contribution in [2.75, 3.05) is 14.2 Å². The summed E-state index contributed by atoms with van der Waals surface area (Å²) in [6.07, 6.45) is 0. The Kier molecular flexibility index (Phi) is 4.91. The van der Waals surface area contributed by atoms with Gasteiger partial charge < -0.3 is 9.47 Å². The van der Waals surface area contributed by atoms with Crippen molar-refractivity contribution < 1.29 is 18.3 Å². The minimum absolute atomic E-state index is 0.0120. The number of hydrogen-bond acceptors (Lipinski definition) is 2. The number of hydrogen-bond donors (Lipinski definition) is 0. The lowest BCUT2D eigenvalue weighted by atomic mass is 10.0. The minimum atomic E-state index is -0.919. The van der Waals surface area contributed by atoms with Crippen molar-refractivity contribution in [1.29, 1.82) is 0 Å². The second kappa shape index (κ2) is 6.50. The van der Waals surface area contributed by atoms with Crippen molar-refractivity contribution in [3.05, 3.63) is 58.1 Å². The smallest absolute Gasteiger partial charge is 0.142 e. The van der Waals surface area contributed by atoms with Gasteiger partial charge in [0.15, 0.2) is 0 Å².